The zero-order valence-electron chi connectivity index (χ0n) is 13.4. The fourth-order valence-corrected chi connectivity index (χ4v) is 10.7. The van der Waals surface area contributed by atoms with E-state index in [0.717, 1.165) is 11.0 Å². The van der Waals surface area contributed by atoms with Gasteiger partial charge in [0.15, 0.2) is 8.24 Å². The molecule has 0 saturated carbocycles. The fraction of sp³-hybridized carbons (Fsp3) is 0.562. The minimum Gasteiger partial charge on any atom is -0.506 e. The number of pyridine rings is 1. The molecule has 20 heavy (non-hydrogen) atoms. The van der Waals surface area contributed by atoms with Gasteiger partial charge in [-0.15, -0.1) is 0 Å². The van der Waals surface area contributed by atoms with E-state index >= 15 is 0 Å². The second kappa shape index (κ2) is 5.24. The topological polar surface area (TPSA) is 38.0 Å². The molecule has 3 nitrogen and oxygen atoms in total. The summed E-state index contributed by atoms with van der Waals surface area (Å²) in [7, 11) is -1.76. The Morgan fingerprint density at radius 1 is 1.05 bits per heavy atom. The maximum Gasteiger partial charge on any atom is 0.171 e. The highest BCUT2D eigenvalue weighted by Crippen LogP contribution is 2.43. The molecule has 0 aliphatic carbocycles. The Kier molecular flexibility index (Phi) is 3.96. The minimum absolute atomic E-state index is 0.237. The average molecular weight is 290 g/mol. The third-order valence-corrected chi connectivity index (χ3v) is 11.4. The lowest BCUT2D eigenvalue weighted by Crippen LogP contribution is -2.51. The molecule has 1 N–H and O–H groups in total. The highest BCUT2D eigenvalue weighted by atomic mass is 28.3. The van der Waals surface area contributed by atoms with Crippen LogP contribution in [-0.4, -0.2) is 22.6 Å². The number of hydrogen-bond acceptors (Lipinski definition) is 2. The van der Waals surface area contributed by atoms with Gasteiger partial charge in [0.1, 0.15) is 11.4 Å². The van der Waals surface area contributed by atoms with Gasteiger partial charge in [-0.05, 0) is 35.0 Å². The van der Waals surface area contributed by atoms with Gasteiger partial charge in [-0.1, -0.05) is 41.5 Å². The number of fused-ring (bicyclic) bond motifs is 1. The Labute approximate surface area is 122 Å². The van der Waals surface area contributed by atoms with Crippen molar-refractivity contribution in [3.05, 3.63) is 24.5 Å². The van der Waals surface area contributed by atoms with Crippen LogP contribution in [0.2, 0.25) is 16.6 Å². The summed E-state index contributed by atoms with van der Waals surface area (Å²) in [6.07, 6.45) is 3.74. The first-order valence-corrected chi connectivity index (χ1v) is 9.66. The van der Waals surface area contributed by atoms with E-state index < -0.39 is 8.24 Å². The van der Waals surface area contributed by atoms with Crippen molar-refractivity contribution < 1.29 is 5.11 Å². The largest absolute Gasteiger partial charge is 0.506 e. The number of hydrogen-bond donors (Lipinski definition) is 1. The van der Waals surface area contributed by atoms with E-state index in [1.54, 1.807) is 12.3 Å². The molecule has 4 heteroatoms. The summed E-state index contributed by atoms with van der Waals surface area (Å²) < 4.78 is 2.46. The number of rotatable bonds is 4. The summed E-state index contributed by atoms with van der Waals surface area (Å²) in [6, 6.07) is 3.88. The van der Waals surface area contributed by atoms with Gasteiger partial charge in [-0.3, -0.25) is 0 Å². The Bertz CT molecular complexity index is 580. The minimum atomic E-state index is -1.76. The lowest BCUT2D eigenvalue weighted by molar-refractivity contribution is 0.474. The first kappa shape index (κ1) is 15.1. The molecule has 2 heterocycles. The lowest BCUT2D eigenvalue weighted by Gasteiger charge is -2.44. The van der Waals surface area contributed by atoms with Gasteiger partial charge in [0.05, 0.1) is 6.20 Å². The number of aromatic nitrogens is 2. The molecule has 0 aromatic carbocycles. The van der Waals surface area contributed by atoms with Gasteiger partial charge in [-0.25, -0.2) is 4.98 Å². The van der Waals surface area contributed by atoms with Crippen molar-refractivity contribution in [2.45, 2.75) is 58.2 Å². The van der Waals surface area contributed by atoms with Crippen LogP contribution >= 0.6 is 0 Å². The van der Waals surface area contributed by atoms with E-state index in [9.17, 15) is 5.11 Å². The molecule has 0 aliphatic heterocycles. The zero-order chi connectivity index (χ0) is 15.1. The van der Waals surface area contributed by atoms with Gasteiger partial charge in [0.2, 0.25) is 0 Å². The normalized spacial score (nSPS) is 13.1. The standard InChI is InChI=1S/C16H26N2OSi/c1-11(2)20(12(3)4,13(5)6)18-8-7-14-9-15(19)10-17-16(14)18/h7-13,19H,1-6H3. The van der Waals surface area contributed by atoms with Gasteiger partial charge in [0, 0.05) is 5.39 Å². The van der Waals surface area contributed by atoms with E-state index in [2.05, 4.69) is 63.0 Å². The van der Waals surface area contributed by atoms with Crippen molar-refractivity contribution in [3.63, 3.8) is 0 Å². The molecule has 0 spiro atoms. The van der Waals surface area contributed by atoms with Crippen LogP contribution in [0.1, 0.15) is 41.5 Å². The second-order valence-electron chi connectivity index (χ2n) is 6.64. The van der Waals surface area contributed by atoms with Gasteiger partial charge < -0.3 is 9.34 Å². The van der Waals surface area contributed by atoms with Crippen LogP contribution in [0.4, 0.5) is 0 Å². The molecule has 0 fully saturated rings. The van der Waals surface area contributed by atoms with Gasteiger partial charge >= 0.3 is 0 Å². The van der Waals surface area contributed by atoms with E-state index in [4.69, 9.17) is 0 Å². The van der Waals surface area contributed by atoms with Crippen LogP contribution in [0.15, 0.2) is 24.5 Å². The summed E-state index contributed by atoms with van der Waals surface area (Å²) >= 11 is 0. The molecule has 0 bridgehead atoms. The van der Waals surface area contributed by atoms with Crippen molar-refractivity contribution in [2.24, 2.45) is 0 Å². The first-order valence-electron chi connectivity index (χ1n) is 7.48. The smallest absolute Gasteiger partial charge is 0.171 e. The Hall–Kier alpha value is -1.29. The highest BCUT2D eigenvalue weighted by Gasteiger charge is 2.45. The maximum atomic E-state index is 9.61. The fourth-order valence-electron chi connectivity index (χ4n) is 4.16. The van der Waals surface area contributed by atoms with Crippen LogP contribution in [0, 0.1) is 0 Å². The van der Waals surface area contributed by atoms with Crippen LogP contribution in [-0.2, 0) is 0 Å². The van der Waals surface area contributed by atoms with Crippen molar-refractivity contribution in [2.75, 3.05) is 0 Å². The SMILES string of the molecule is CC(C)[Si](C(C)C)(C(C)C)n1ccc2cc(O)cnc21. The van der Waals surface area contributed by atoms with Crippen LogP contribution in [0.25, 0.3) is 11.0 Å². The molecule has 0 aliphatic rings. The van der Waals surface area contributed by atoms with E-state index in [1.165, 1.54) is 0 Å². The summed E-state index contributed by atoms with van der Waals surface area (Å²) in [5.74, 6) is 0.237. The second-order valence-corrected chi connectivity index (χ2v) is 12.4. The summed E-state index contributed by atoms with van der Waals surface area (Å²) in [5.41, 5.74) is 2.92. The third kappa shape index (κ3) is 2.06. The molecule has 0 radical (unpaired) electrons. The molecular formula is C16H26N2OSi. The Morgan fingerprint density at radius 3 is 2.10 bits per heavy atom. The molecule has 2 aromatic heterocycles. The quantitative estimate of drug-likeness (QED) is 0.824. The molecule has 0 saturated heterocycles. The molecule has 0 atom stereocenters. The summed E-state index contributed by atoms with van der Waals surface area (Å²) in [6.45, 7) is 14.1. The molecular weight excluding hydrogens is 264 g/mol. The highest BCUT2D eigenvalue weighted by molar-refractivity contribution is 6.82. The van der Waals surface area contributed by atoms with Crippen molar-refractivity contribution >= 4 is 19.3 Å². The van der Waals surface area contributed by atoms with E-state index in [1.807, 2.05) is 0 Å². The monoisotopic (exact) mass is 290 g/mol. The average Bonchev–Trinajstić information content (AvgIpc) is 2.72. The first-order chi connectivity index (χ1) is 9.31. The third-order valence-electron chi connectivity index (χ3n) is 4.70. The maximum absolute atomic E-state index is 9.61. The lowest BCUT2D eigenvalue weighted by atomic mass is 10.3. The summed E-state index contributed by atoms with van der Waals surface area (Å²) in [5, 5.41) is 10.6. The van der Waals surface area contributed by atoms with Crippen LogP contribution in [0.5, 0.6) is 5.75 Å². The summed E-state index contributed by atoms with van der Waals surface area (Å²) in [4.78, 5) is 4.50. The molecule has 2 rings (SSSR count). The Morgan fingerprint density at radius 2 is 1.60 bits per heavy atom. The van der Waals surface area contributed by atoms with E-state index in [0.29, 0.717) is 16.6 Å². The number of nitrogens with zero attached hydrogens (tertiary/aromatic N) is 2. The van der Waals surface area contributed by atoms with Crippen molar-refractivity contribution in [3.8, 4) is 5.75 Å². The van der Waals surface area contributed by atoms with Crippen LogP contribution in [0.3, 0.4) is 0 Å². The molecule has 0 amide bonds. The van der Waals surface area contributed by atoms with Crippen LogP contribution < -0.4 is 0 Å². The Balaban J connectivity index is 2.75. The van der Waals surface area contributed by atoms with Gasteiger partial charge in [-0.2, -0.15) is 0 Å². The zero-order valence-corrected chi connectivity index (χ0v) is 14.4. The predicted octanol–water partition coefficient (Wildman–Crippen LogP) is 4.77. The van der Waals surface area contributed by atoms with E-state index in [-0.39, 0.29) is 5.75 Å². The molecule has 110 valence electrons. The molecule has 0 unspecified atom stereocenters. The molecule has 2 aromatic rings. The van der Waals surface area contributed by atoms with Gasteiger partial charge in [0.25, 0.3) is 0 Å². The van der Waals surface area contributed by atoms with Crippen molar-refractivity contribution in [1.82, 2.24) is 9.22 Å². The predicted molar refractivity (Wildman–Crippen MR) is 87.8 cm³/mol. The van der Waals surface area contributed by atoms with Crippen molar-refractivity contribution in [1.29, 1.82) is 0 Å². The number of aromatic hydroxyl groups is 1.